The average Bonchev–Trinajstić information content (AvgIpc) is 2.28. The molecule has 0 unspecified atom stereocenters. The van der Waals surface area contributed by atoms with Crippen molar-refractivity contribution in [3.63, 3.8) is 0 Å². The van der Waals surface area contributed by atoms with Crippen LogP contribution in [0.15, 0.2) is 22.3 Å². The molecule has 0 aromatic rings. The summed E-state index contributed by atoms with van der Waals surface area (Å²) >= 11 is 0. The Balaban J connectivity index is 4.65. The summed E-state index contributed by atoms with van der Waals surface area (Å²) < 4.78 is 0. The van der Waals surface area contributed by atoms with Gasteiger partial charge >= 0.3 is 0 Å². The Kier molecular flexibility index (Phi) is 7.60. The molecule has 0 aliphatic heterocycles. The van der Waals surface area contributed by atoms with Gasteiger partial charge in [0.05, 0.1) is 0 Å². The van der Waals surface area contributed by atoms with Crippen molar-refractivity contribution in [2.75, 3.05) is 26.7 Å². The Morgan fingerprint density at radius 3 is 2.00 bits per heavy atom. The van der Waals surface area contributed by atoms with Crippen LogP contribution in [0, 0.1) is 0 Å². The van der Waals surface area contributed by atoms with Gasteiger partial charge in [0.15, 0.2) is 0 Å². The second-order valence-electron chi connectivity index (χ2n) is 5.15. The van der Waals surface area contributed by atoms with E-state index in [1.165, 1.54) is 5.57 Å². The van der Waals surface area contributed by atoms with E-state index < -0.39 is 0 Å². The number of likely N-dealkylation sites (N-methyl/N-ethyl adjacent to an activating group) is 1. The van der Waals surface area contributed by atoms with Crippen molar-refractivity contribution in [1.29, 1.82) is 0 Å². The van der Waals surface area contributed by atoms with Crippen LogP contribution in [0.5, 0.6) is 0 Å². The molecule has 18 heavy (non-hydrogen) atoms. The molecule has 3 heteroatoms. The Morgan fingerprint density at radius 2 is 1.61 bits per heavy atom. The van der Waals surface area contributed by atoms with E-state index in [1.807, 2.05) is 34.6 Å². The third kappa shape index (κ3) is 5.50. The van der Waals surface area contributed by atoms with Crippen molar-refractivity contribution in [1.82, 2.24) is 10.2 Å². The maximum absolute atomic E-state index is 12.2. The lowest BCUT2D eigenvalue weighted by molar-refractivity contribution is -0.117. The molecule has 0 rings (SSSR count). The summed E-state index contributed by atoms with van der Waals surface area (Å²) in [5.41, 5.74) is 4.16. The number of carbonyl (C=O) groups is 1. The highest BCUT2D eigenvalue weighted by Gasteiger charge is 2.13. The number of nitrogens with one attached hydrogen (secondary N) is 1. The van der Waals surface area contributed by atoms with Gasteiger partial charge in [-0.15, -0.1) is 0 Å². The molecule has 0 saturated carbocycles. The molecule has 1 amide bonds. The maximum atomic E-state index is 12.2. The molecule has 0 aliphatic rings. The fraction of sp³-hybridized carbons (Fsp3) is 0.667. The molecule has 0 aromatic heterocycles. The van der Waals surface area contributed by atoms with Gasteiger partial charge in [0.2, 0.25) is 0 Å². The minimum Gasteiger partial charge on any atom is -0.351 e. The number of carbonyl (C=O) groups excluding carboxylic acids is 1. The highest BCUT2D eigenvalue weighted by Crippen LogP contribution is 2.18. The molecule has 0 aliphatic carbocycles. The summed E-state index contributed by atoms with van der Waals surface area (Å²) in [6.07, 6.45) is 0. The van der Waals surface area contributed by atoms with Crippen molar-refractivity contribution in [3.8, 4) is 0 Å². The molecule has 0 heterocycles. The molecule has 0 spiro atoms. The summed E-state index contributed by atoms with van der Waals surface area (Å²) in [4.78, 5) is 14.4. The average molecular weight is 252 g/mol. The lowest BCUT2D eigenvalue weighted by Crippen LogP contribution is -2.34. The second-order valence-corrected chi connectivity index (χ2v) is 5.15. The highest BCUT2D eigenvalue weighted by molar-refractivity contribution is 5.98. The van der Waals surface area contributed by atoms with Gasteiger partial charge in [-0.25, -0.2) is 0 Å². The zero-order valence-electron chi connectivity index (χ0n) is 13.0. The third-order valence-electron chi connectivity index (χ3n) is 3.17. The maximum Gasteiger partial charge on any atom is 0.251 e. The molecule has 0 saturated heterocycles. The summed E-state index contributed by atoms with van der Waals surface area (Å²) in [7, 11) is 2.05. The van der Waals surface area contributed by atoms with Crippen LogP contribution in [0.3, 0.4) is 0 Å². The summed E-state index contributed by atoms with van der Waals surface area (Å²) in [5.74, 6) is 0.0400. The van der Waals surface area contributed by atoms with Crippen LogP contribution in [0.25, 0.3) is 0 Å². The van der Waals surface area contributed by atoms with E-state index in [9.17, 15) is 4.79 Å². The molecular formula is C15H28N2O. The zero-order valence-corrected chi connectivity index (χ0v) is 13.0. The van der Waals surface area contributed by atoms with Crippen molar-refractivity contribution in [3.05, 3.63) is 22.3 Å². The van der Waals surface area contributed by atoms with Crippen molar-refractivity contribution in [2.24, 2.45) is 0 Å². The standard InChI is InChI=1S/C15H28N2O/c1-8-17(7)10-9-16-15(18)14(12(4)5)13(6)11(2)3/h8-10H2,1-7H3,(H,16,18). The predicted molar refractivity (Wildman–Crippen MR) is 78.6 cm³/mol. The third-order valence-corrected chi connectivity index (χ3v) is 3.17. The normalized spacial score (nSPS) is 10.2. The molecule has 0 aromatic carbocycles. The van der Waals surface area contributed by atoms with Crippen molar-refractivity contribution in [2.45, 2.75) is 41.5 Å². The lowest BCUT2D eigenvalue weighted by Gasteiger charge is -2.16. The topological polar surface area (TPSA) is 32.3 Å². The first-order valence-corrected chi connectivity index (χ1v) is 6.59. The van der Waals surface area contributed by atoms with Gasteiger partial charge in [-0.3, -0.25) is 4.79 Å². The van der Waals surface area contributed by atoms with Gasteiger partial charge in [0.1, 0.15) is 0 Å². The molecule has 0 fully saturated rings. The van der Waals surface area contributed by atoms with E-state index in [0.717, 1.165) is 29.8 Å². The number of rotatable bonds is 6. The Hall–Kier alpha value is -1.09. The molecule has 0 atom stereocenters. The fourth-order valence-corrected chi connectivity index (χ4v) is 1.63. The number of hydrogen-bond donors (Lipinski definition) is 1. The van der Waals surface area contributed by atoms with Crippen LogP contribution in [0.4, 0.5) is 0 Å². The van der Waals surface area contributed by atoms with Crippen LogP contribution >= 0.6 is 0 Å². The minimum absolute atomic E-state index is 0.0400. The second kappa shape index (κ2) is 8.09. The molecule has 0 bridgehead atoms. The minimum atomic E-state index is 0.0400. The van der Waals surface area contributed by atoms with Gasteiger partial charge in [-0.2, -0.15) is 0 Å². The SMILES string of the molecule is CCN(C)CCNC(=O)C(=C(C)C)C(C)=C(C)C. The highest BCUT2D eigenvalue weighted by atomic mass is 16.1. The fourth-order valence-electron chi connectivity index (χ4n) is 1.63. The number of amides is 1. The van der Waals surface area contributed by atoms with Gasteiger partial charge < -0.3 is 10.2 Å². The van der Waals surface area contributed by atoms with E-state index in [1.54, 1.807) is 0 Å². The quantitative estimate of drug-likeness (QED) is 0.582. The summed E-state index contributed by atoms with van der Waals surface area (Å²) in [6, 6.07) is 0. The first kappa shape index (κ1) is 16.9. The van der Waals surface area contributed by atoms with E-state index in [-0.39, 0.29) is 5.91 Å². The van der Waals surface area contributed by atoms with Gasteiger partial charge in [-0.05, 0) is 53.8 Å². The van der Waals surface area contributed by atoms with E-state index >= 15 is 0 Å². The van der Waals surface area contributed by atoms with Crippen LogP contribution in [-0.4, -0.2) is 37.5 Å². The number of allylic oxidation sites excluding steroid dienone is 2. The lowest BCUT2D eigenvalue weighted by atomic mass is 9.98. The Bertz CT molecular complexity index is 346. The predicted octanol–water partition coefficient (Wildman–Crippen LogP) is 2.75. The zero-order chi connectivity index (χ0) is 14.3. The van der Waals surface area contributed by atoms with Gasteiger partial charge in [-0.1, -0.05) is 18.1 Å². The molecular weight excluding hydrogens is 224 g/mol. The van der Waals surface area contributed by atoms with Gasteiger partial charge in [0.25, 0.3) is 5.91 Å². The molecule has 0 radical (unpaired) electrons. The largest absolute Gasteiger partial charge is 0.351 e. The number of hydrogen-bond acceptors (Lipinski definition) is 2. The van der Waals surface area contributed by atoms with E-state index in [2.05, 4.69) is 24.2 Å². The van der Waals surface area contributed by atoms with E-state index in [0.29, 0.717) is 6.54 Å². The summed E-state index contributed by atoms with van der Waals surface area (Å²) in [6.45, 7) is 14.7. The van der Waals surface area contributed by atoms with Crippen molar-refractivity contribution >= 4 is 5.91 Å². The van der Waals surface area contributed by atoms with Crippen molar-refractivity contribution < 1.29 is 4.79 Å². The monoisotopic (exact) mass is 252 g/mol. The van der Waals surface area contributed by atoms with Crippen LogP contribution < -0.4 is 5.32 Å². The Labute approximate surface area is 112 Å². The number of nitrogens with zero attached hydrogens (tertiary/aromatic N) is 1. The molecule has 3 nitrogen and oxygen atoms in total. The van der Waals surface area contributed by atoms with Crippen LogP contribution in [0.2, 0.25) is 0 Å². The van der Waals surface area contributed by atoms with Gasteiger partial charge in [0, 0.05) is 18.7 Å². The smallest absolute Gasteiger partial charge is 0.251 e. The molecule has 1 N–H and O–H groups in total. The van der Waals surface area contributed by atoms with E-state index in [4.69, 9.17) is 0 Å². The Morgan fingerprint density at radius 1 is 1.06 bits per heavy atom. The first-order chi connectivity index (χ1) is 8.31. The van der Waals surface area contributed by atoms with Crippen LogP contribution in [-0.2, 0) is 4.79 Å². The molecule has 104 valence electrons. The first-order valence-electron chi connectivity index (χ1n) is 6.59. The van der Waals surface area contributed by atoms with Crippen LogP contribution in [0.1, 0.15) is 41.5 Å². The summed E-state index contributed by atoms with van der Waals surface area (Å²) in [5, 5.41) is 2.99.